The lowest BCUT2D eigenvalue weighted by Gasteiger charge is -2.34. The molecular formula is C17H16ClN3O5S. The lowest BCUT2D eigenvalue weighted by Crippen LogP contribution is -2.48. The summed E-state index contributed by atoms with van der Waals surface area (Å²) in [6.45, 7) is -0.239. The molecule has 2 aromatic rings. The first-order valence-corrected chi connectivity index (χ1v) is 10.0. The highest BCUT2D eigenvalue weighted by Crippen LogP contribution is 2.37. The van der Waals surface area contributed by atoms with Gasteiger partial charge in [0.15, 0.2) is 6.10 Å². The Balaban J connectivity index is 1.91. The fourth-order valence-corrected chi connectivity index (χ4v) is 3.77. The van der Waals surface area contributed by atoms with E-state index in [-0.39, 0.29) is 29.2 Å². The average Bonchev–Trinajstić information content (AvgIpc) is 2.60. The molecule has 0 saturated carbocycles. The molecule has 8 nitrogen and oxygen atoms in total. The maximum Gasteiger partial charge on any atom is 0.267 e. The number of benzene rings is 2. The van der Waals surface area contributed by atoms with Gasteiger partial charge in [0.2, 0.25) is 10.0 Å². The van der Waals surface area contributed by atoms with Gasteiger partial charge in [0, 0.05) is 5.02 Å². The van der Waals surface area contributed by atoms with Gasteiger partial charge in [-0.1, -0.05) is 23.7 Å². The van der Waals surface area contributed by atoms with Crippen LogP contribution in [0.3, 0.4) is 0 Å². The summed E-state index contributed by atoms with van der Waals surface area (Å²) in [4.78, 5) is 24.2. The molecule has 1 heterocycles. The molecule has 27 heavy (non-hydrogen) atoms. The van der Waals surface area contributed by atoms with Crippen molar-refractivity contribution in [3.05, 3.63) is 53.1 Å². The van der Waals surface area contributed by atoms with Gasteiger partial charge < -0.3 is 15.8 Å². The van der Waals surface area contributed by atoms with E-state index in [1.165, 1.54) is 30.3 Å². The molecule has 0 fully saturated rings. The Labute approximate surface area is 160 Å². The fraction of sp³-hybridized carbons (Fsp3) is 0.176. The van der Waals surface area contributed by atoms with Crippen molar-refractivity contribution in [1.29, 1.82) is 0 Å². The van der Waals surface area contributed by atoms with E-state index in [1.54, 1.807) is 12.1 Å². The SMILES string of the molecule is CS(=O)(=O)N1C[C@@H](C(=O)Nc2ccccc2C(N)=O)Oc2ccc(Cl)cc21. The first-order valence-electron chi connectivity index (χ1n) is 7.80. The van der Waals surface area contributed by atoms with Gasteiger partial charge >= 0.3 is 0 Å². The van der Waals surface area contributed by atoms with Gasteiger partial charge in [0.25, 0.3) is 11.8 Å². The standard InChI is InChI=1S/C17H16ClN3O5S/c1-27(24,25)21-9-15(26-14-7-6-10(18)8-13(14)21)17(23)20-12-5-3-2-4-11(12)16(19)22/h2-8,15H,9H2,1H3,(H2,19,22)(H,20,23)/t15-/m0/s1. The number of anilines is 2. The molecule has 0 aromatic heterocycles. The van der Waals surface area contributed by atoms with Crippen LogP contribution < -0.4 is 20.1 Å². The zero-order valence-electron chi connectivity index (χ0n) is 14.2. The van der Waals surface area contributed by atoms with Crippen LogP contribution >= 0.6 is 11.6 Å². The molecule has 0 unspecified atom stereocenters. The normalized spacial score (nSPS) is 16.2. The highest BCUT2D eigenvalue weighted by atomic mass is 35.5. The van der Waals surface area contributed by atoms with Crippen molar-refractivity contribution in [3.8, 4) is 5.75 Å². The summed E-state index contributed by atoms with van der Waals surface area (Å²) in [5.41, 5.74) is 5.91. The minimum Gasteiger partial charge on any atom is -0.476 e. The number of hydrogen-bond donors (Lipinski definition) is 2. The zero-order chi connectivity index (χ0) is 19.8. The van der Waals surface area contributed by atoms with Crippen molar-refractivity contribution in [2.75, 3.05) is 22.4 Å². The summed E-state index contributed by atoms with van der Waals surface area (Å²) in [6.07, 6.45) is -0.102. The highest BCUT2D eigenvalue weighted by molar-refractivity contribution is 7.92. The maximum absolute atomic E-state index is 12.7. The number of carbonyl (C=O) groups is 2. The summed E-state index contributed by atoms with van der Waals surface area (Å²) in [7, 11) is -3.68. The molecule has 1 aliphatic heterocycles. The molecule has 2 aromatic carbocycles. The number of halogens is 1. The quantitative estimate of drug-likeness (QED) is 0.795. The van der Waals surface area contributed by atoms with E-state index >= 15 is 0 Å². The predicted octanol–water partition coefficient (Wildman–Crippen LogP) is 1.60. The molecule has 3 rings (SSSR count). The number of rotatable bonds is 4. The fourth-order valence-electron chi connectivity index (χ4n) is 2.70. The second kappa shape index (κ2) is 7.09. The Bertz CT molecular complexity index is 1020. The van der Waals surface area contributed by atoms with Gasteiger partial charge in [-0.05, 0) is 30.3 Å². The third kappa shape index (κ3) is 3.99. The summed E-state index contributed by atoms with van der Waals surface area (Å²) < 4.78 is 31.0. The molecule has 3 N–H and O–H groups in total. The summed E-state index contributed by atoms with van der Waals surface area (Å²) in [5, 5.41) is 2.90. The minimum atomic E-state index is -3.68. The Morgan fingerprint density at radius 1 is 1.26 bits per heavy atom. The van der Waals surface area contributed by atoms with Crippen LogP contribution in [0.4, 0.5) is 11.4 Å². The van der Waals surface area contributed by atoms with E-state index in [9.17, 15) is 18.0 Å². The predicted molar refractivity (Wildman–Crippen MR) is 102 cm³/mol. The van der Waals surface area contributed by atoms with Gasteiger partial charge in [-0.2, -0.15) is 0 Å². The largest absolute Gasteiger partial charge is 0.476 e. The van der Waals surface area contributed by atoms with Crippen molar-refractivity contribution >= 4 is 44.8 Å². The summed E-state index contributed by atoms with van der Waals surface area (Å²) in [6, 6.07) is 10.7. The second-order valence-corrected chi connectivity index (χ2v) is 8.25. The molecule has 1 aliphatic rings. The van der Waals surface area contributed by atoms with Crippen LogP contribution in [-0.4, -0.2) is 39.1 Å². The zero-order valence-corrected chi connectivity index (χ0v) is 15.8. The number of amides is 2. The number of nitrogens with one attached hydrogen (secondary N) is 1. The van der Waals surface area contributed by atoms with Crippen LogP contribution in [0.2, 0.25) is 5.02 Å². The third-order valence-electron chi connectivity index (χ3n) is 3.93. The van der Waals surface area contributed by atoms with E-state index < -0.39 is 27.9 Å². The summed E-state index contributed by atoms with van der Waals surface area (Å²) >= 11 is 5.95. The molecule has 0 bridgehead atoms. The maximum atomic E-state index is 12.7. The number of ether oxygens (including phenoxy) is 1. The molecule has 0 spiro atoms. The van der Waals surface area contributed by atoms with Gasteiger partial charge in [0.05, 0.1) is 29.7 Å². The van der Waals surface area contributed by atoms with Crippen molar-refractivity contribution in [3.63, 3.8) is 0 Å². The number of fused-ring (bicyclic) bond motifs is 1. The molecule has 0 aliphatic carbocycles. The van der Waals surface area contributed by atoms with Gasteiger partial charge in [-0.25, -0.2) is 8.42 Å². The third-order valence-corrected chi connectivity index (χ3v) is 5.32. The van der Waals surface area contributed by atoms with Crippen molar-refractivity contribution in [1.82, 2.24) is 0 Å². The summed E-state index contributed by atoms with van der Waals surface area (Å²) in [5.74, 6) is -1.11. The first-order chi connectivity index (χ1) is 12.7. The molecule has 2 amide bonds. The van der Waals surface area contributed by atoms with E-state index in [4.69, 9.17) is 22.1 Å². The van der Waals surface area contributed by atoms with Gasteiger partial charge in [-0.15, -0.1) is 0 Å². The molecule has 0 radical (unpaired) electrons. The van der Waals surface area contributed by atoms with Crippen LogP contribution in [-0.2, 0) is 14.8 Å². The lowest BCUT2D eigenvalue weighted by atomic mass is 10.1. The van der Waals surface area contributed by atoms with Crippen molar-refractivity contribution in [2.45, 2.75) is 6.10 Å². The molecular weight excluding hydrogens is 394 g/mol. The van der Waals surface area contributed by atoms with Crippen molar-refractivity contribution < 1.29 is 22.7 Å². The molecule has 142 valence electrons. The number of para-hydroxylation sites is 1. The van der Waals surface area contributed by atoms with E-state index in [1.807, 2.05) is 0 Å². The Kier molecular flexibility index (Phi) is 4.99. The number of hydrogen-bond acceptors (Lipinski definition) is 5. The van der Waals surface area contributed by atoms with Gasteiger partial charge in [-0.3, -0.25) is 13.9 Å². The molecule has 10 heteroatoms. The highest BCUT2D eigenvalue weighted by Gasteiger charge is 2.35. The lowest BCUT2D eigenvalue weighted by molar-refractivity contribution is -0.122. The number of carbonyl (C=O) groups excluding carboxylic acids is 2. The molecule has 0 saturated heterocycles. The van der Waals surface area contributed by atoms with E-state index in [0.717, 1.165) is 10.6 Å². The van der Waals surface area contributed by atoms with Crippen molar-refractivity contribution in [2.24, 2.45) is 5.73 Å². The number of nitrogens with zero attached hydrogens (tertiary/aromatic N) is 1. The Hall–Kier alpha value is -2.78. The van der Waals surface area contributed by atoms with Crippen LogP contribution in [0.25, 0.3) is 0 Å². The Morgan fingerprint density at radius 2 is 1.96 bits per heavy atom. The minimum absolute atomic E-state index is 0.133. The smallest absolute Gasteiger partial charge is 0.267 e. The van der Waals surface area contributed by atoms with Crippen LogP contribution in [0, 0.1) is 0 Å². The van der Waals surface area contributed by atoms with Gasteiger partial charge in [0.1, 0.15) is 5.75 Å². The Morgan fingerprint density at radius 3 is 2.63 bits per heavy atom. The topological polar surface area (TPSA) is 119 Å². The van der Waals surface area contributed by atoms with Crippen LogP contribution in [0.5, 0.6) is 5.75 Å². The number of nitrogens with two attached hydrogens (primary N) is 1. The second-order valence-electron chi connectivity index (χ2n) is 5.91. The van der Waals surface area contributed by atoms with Crippen LogP contribution in [0.1, 0.15) is 10.4 Å². The van der Waals surface area contributed by atoms with E-state index in [2.05, 4.69) is 5.32 Å². The van der Waals surface area contributed by atoms with Crippen LogP contribution in [0.15, 0.2) is 42.5 Å². The first kappa shape index (κ1) is 19.0. The van der Waals surface area contributed by atoms with E-state index in [0.29, 0.717) is 5.02 Å². The number of sulfonamides is 1. The number of primary amides is 1. The average molecular weight is 410 g/mol. The molecule has 1 atom stereocenters. The monoisotopic (exact) mass is 409 g/mol.